The molecule has 0 fully saturated rings. The lowest BCUT2D eigenvalue weighted by Gasteiger charge is -2.01. The van der Waals surface area contributed by atoms with E-state index in [4.69, 9.17) is 16.3 Å². The summed E-state index contributed by atoms with van der Waals surface area (Å²) in [6.07, 6.45) is 2.45. The molecule has 0 unspecified atom stereocenters. The molecule has 19 heavy (non-hydrogen) atoms. The molecular formula is C13H13ClN2O2S. The minimum absolute atomic E-state index is 0.0272. The van der Waals surface area contributed by atoms with Gasteiger partial charge in [0.15, 0.2) is 5.13 Å². The fourth-order valence-electron chi connectivity index (χ4n) is 1.56. The smallest absolute Gasteiger partial charge is 0.252 e. The third kappa shape index (κ3) is 4.02. The maximum atomic E-state index is 11.3. The maximum absolute atomic E-state index is 11.3. The highest BCUT2D eigenvalue weighted by Gasteiger charge is 2.08. The van der Waals surface area contributed by atoms with Gasteiger partial charge < -0.3 is 4.74 Å². The summed E-state index contributed by atoms with van der Waals surface area (Å²) in [6.45, 7) is 0.0272. The number of nitrogens with one attached hydrogen (secondary N) is 1. The van der Waals surface area contributed by atoms with Crippen molar-refractivity contribution in [3.8, 4) is 0 Å². The first-order valence-electron chi connectivity index (χ1n) is 5.66. The van der Waals surface area contributed by atoms with Gasteiger partial charge in [0.25, 0.3) is 5.91 Å². The minimum atomic E-state index is -0.207. The number of thiazole rings is 1. The van der Waals surface area contributed by atoms with Crippen LogP contribution < -0.4 is 5.32 Å². The van der Waals surface area contributed by atoms with Crippen molar-refractivity contribution < 1.29 is 9.53 Å². The Hall–Kier alpha value is -1.43. The zero-order valence-corrected chi connectivity index (χ0v) is 11.9. The predicted octanol–water partition coefficient (Wildman–Crippen LogP) is 2.97. The number of benzene rings is 1. The number of carbonyl (C=O) groups excluding carboxylic acids is 1. The first kappa shape index (κ1) is 14.0. The molecule has 1 aromatic carbocycles. The minimum Gasteiger partial charge on any atom is -0.375 e. The van der Waals surface area contributed by atoms with Crippen LogP contribution in [0.4, 0.5) is 5.13 Å². The number of nitrogens with zero attached hydrogens (tertiary/aromatic N) is 1. The lowest BCUT2D eigenvalue weighted by Crippen LogP contribution is -2.16. The van der Waals surface area contributed by atoms with E-state index in [9.17, 15) is 4.79 Å². The van der Waals surface area contributed by atoms with Crippen molar-refractivity contribution in [1.82, 2.24) is 4.98 Å². The molecule has 0 aliphatic rings. The molecule has 0 atom stereocenters. The van der Waals surface area contributed by atoms with Crippen LogP contribution in [0.2, 0.25) is 5.02 Å². The van der Waals surface area contributed by atoms with Crippen molar-refractivity contribution in [2.24, 2.45) is 0 Å². The molecule has 1 amide bonds. The Labute approximate surface area is 120 Å². The van der Waals surface area contributed by atoms with Gasteiger partial charge in [-0.3, -0.25) is 10.1 Å². The predicted molar refractivity (Wildman–Crippen MR) is 76.9 cm³/mol. The van der Waals surface area contributed by atoms with E-state index in [1.807, 2.05) is 24.3 Å². The summed E-state index contributed by atoms with van der Waals surface area (Å²) < 4.78 is 4.74. The van der Waals surface area contributed by atoms with E-state index in [0.29, 0.717) is 11.6 Å². The summed E-state index contributed by atoms with van der Waals surface area (Å²) in [5.41, 5.74) is 1.04. The lowest BCUT2D eigenvalue weighted by atomic mass is 10.1. The number of amides is 1. The highest BCUT2D eigenvalue weighted by Crippen LogP contribution is 2.24. The van der Waals surface area contributed by atoms with E-state index in [-0.39, 0.29) is 12.5 Å². The number of methoxy groups -OCH3 is 1. The summed E-state index contributed by atoms with van der Waals surface area (Å²) >= 11 is 7.54. The van der Waals surface area contributed by atoms with Crippen molar-refractivity contribution >= 4 is 34.0 Å². The molecule has 1 aromatic heterocycles. The molecule has 2 aromatic rings. The fraction of sp³-hybridized carbons (Fsp3) is 0.231. The molecule has 0 spiro atoms. The van der Waals surface area contributed by atoms with Crippen LogP contribution in [-0.4, -0.2) is 24.6 Å². The fourth-order valence-corrected chi connectivity index (χ4v) is 2.62. The number of aromatic nitrogens is 1. The second-order valence-electron chi connectivity index (χ2n) is 3.88. The molecule has 100 valence electrons. The molecule has 0 aliphatic carbocycles. The Morgan fingerprint density at radius 1 is 1.47 bits per heavy atom. The molecule has 1 N–H and O–H groups in total. The van der Waals surface area contributed by atoms with E-state index in [2.05, 4.69) is 10.3 Å². The van der Waals surface area contributed by atoms with Crippen molar-refractivity contribution in [3.05, 3.63) is 45.9 Å². The molecule has 6 heteroatoms. The summed E-state index contributed by atoms with van der Waals surface area (Å²) in [6, 6.07) is 7.68. The van der Waals surface area contributed by atoms with Crippen molar-refractivity contribution in [3.63, 3.8) is 0 Å². The molecule has 0 saturated heterocycles. The Kier molecular flexibility index (Phi) is 4.90. The highest BCUT2D eigenvalue weighted by molar-refractivity contribution is 7.15. The van der Waals surface area contributed by atoms with Crippen LogP contribution in [0.15, 0.2) is 30.5 Å². The van der Waals surface area contributed by atoms with Crippen LogP contribution in [-0.2, 0) is 16.0 Å². The first-order chi connectivity index (χ1) is 9.19. The number of hydrogen-bond donors (Lipinski definition) is 1. The number of hydrogen-bond acceptors (Lipinski definition) is 4. The lowest BCUT2D eigenvalue weighted by molar-refractivity contribution is -0.119. The number of halogens is 1. The monoisotopic (exact) mass is 296 g/mol. The summed E-state index contributed by atoms with van der Waals surface area (Å²) in [7, 11) is 1.48. The van der Waals surface area contributed by atoms with Gasteiger partial charge in [-0.2, -0.15) is 0 Å². The molecule has 1 heterocycles. The molecule has 4 nitrogen and oxygen atoms in total. The van der Waals surface area contributed by atoms with Gasteiger partial charge in [-0.1, -0.05) is 29.8 Å². The summed E-state index contributed by atoms with van der Waals surface area (Å²) in [4.78, 5) is 16.5. The van der Waals surface area contributed by atoms with Gasteiger partial charge in [0.05, 0.1) is 0 Å². The van der Waals surface area contributed by atoms with E-state index in [0.717, 1.165) is 15.5 Å². The number of anilines is 1. The topological polar surface area (TPSA) is 51.2 Å². The van der Waals surface area contributed by atoms with Crippen LogP contribution in [0.25, 0.3) is 0 Å². The zero-order valence-electron chi connectivity index (χ0n) is 10.4. The van der Waals surface area contributed by atoms with E-state index in [1.165, 1.54) is 18.4 Å². The van der Waals surface area contributed by atoms with Gasteiger partial charge in [-0.25, -0.2) is 4.98 Å². The standard InChI is InChI=1S/C13H13ClN2O2S/c1-18-8-12(17)16-13-15-7-10(19-13)6-9-4-2-3-5-11(9)14/h2-5,7H,6,8H2,1H3,(H,15,16,17). The molecule has 0 radical (unpaired) electrons. The SMILES string of the molecule is COCC(=O)Nc1ncc(Cc2ccccc2Cl)s1. The molecular weight excluding hydrogens is 284 g/mol. The van der Waals surface area contributed by atoms with Gasteiger partial charge in [-0.15, -0.1) is 11.3 Å². The summed E-state index contributed by atoms with van der Waals surface area (Å²) in [5, 5.41) is 3.98. The van der Waals surface area contributed by atoms with Crippen LogP contribution in [0, 0.1) is 0 Å². The number of carbonyl (C=O) groups is 1. The Bertz CT molecular complexity index is 571. The quantitative estimate of drug-likeness (QED) is 0.923. The maximum Gasteiger partial charge on any atom is 0.252 e. The molecule has 0 saturated carbocycles. The van der Waals surface area contributed by atoms with Crippen LogP contribution in [0.5, 0.6) is 0 Å². The van der Waals surface area contributed by atoms with Crippen LogP contribution in [0.1, 0.15) is 10.4 Å². The van der Waals surface area contributed by atoms with Gasteiger partial charge >= 0.3 is 0 Å². The van der Waals surface area contributed by atoms with Gasteiger partial charge in [0, 0.05) is 29.6 Å². The second kappa shape index (κ2) is 6.65. The van der Waals surface area contributed by atoms with Crippen LogP contribution in [0.3, 0.4) is 0 Å². The van der Waals surface area contributed by atoms with Crippen molar-refractivity contribution in [1.29, 1.82) is 0 Å². The average Bonchev–Trinajstić information content (AvgIpc) is 2.80. The third-order valence-corrected chi connectivity index (χ3v) is 3.68. The molecule has 0 aliphatic heterocycles. The summed E-state index contributed by atoms with van der Waals surface area (Å²) in [5.74, 6) is -0.207. The van der Waals surface area contributed by atoms with Crippen molar-refractivity contribution in [2.75, 3.05) is 19.0 Å². The van der Waals surface area contributed by atoms with Crippen molar-refractivity contribution in [2.45, 2.75) is 6.42 Å². The molecule has 0 bridgehead atoms. The third-order valence-electron chi connectivity index (χ3n) is 2.40. The van der Waals surface area contributed by atoms with E-state index < -0.39 is 0 Å². The first-order valence-corrected chi connectivity index (χ1v) is 6.85. The Morgan fingerprint density at radius 3 is 3.00 bits per heavy atom. The van der Waals surface area contributed by atoms with Crippen LogP contribution >= 0.6 is 22.9 Å². The van der Waals surface area contributed by atoms with Gasteiger partial charge in [0.2, 0.25) is 0 Å². The highest BCUT2D eigenvalue weighted by atomic mass is 35.5. The Balaban J connectivity index is 2.02. The average molecular weight is 297 g/mol. The number of ether oxygens (including phenoxy) is 1. The van der Waals surface area contributed by atoms with Gasteiger partial charge in [-0.05, 0) is 11.6 Å². The zero-order chi connectivity index (χ0) is 13.7. The normalized spacial score (nSPS) is 10.4. The largest absolute Gasteiger partial charge is 0.375 e. The van der Waals surface area contributed by atoms with Gasteiger partial charge in [0.1, 0.15) is 6.61 Å². The number of rotatable bonds is 5. The van der Waals surface area contributed by atoms with E-state index in [1.54, 1.807) is 6.20 Å². The molecule has 2 rings (SSSR count). The second-order valence-corrected chi connectivity index (χ2v) is 5.40. The Morgan fingerprint density at radius 2 is 2.26 bits per heavy atom. The van der Waals surface area contributed by atoms with E-state index >= 15 is 0 Å².